The first-order valence-electron chi connectivity index (χ1n) is 8.44. The largest absolute Gasteiger partial charge is 0.355 e. The molecule has 1 heterocycles. The molecule has 0 saturated carbocycles. The van der Waals surface area contributed by atoms with Crippen molar-refractivity contribution in [2.75, 3.05) is 20.1 Å². The first kappa shape index (κ1) is 22.4. The van der Waals surface area contributed by atoms with Gasteiger partial charge in [-0.15, -0.1) is 35.3 Å². The lowest BCUT2D eigenvalue weighted by molar-refractivity contribution is 0.0954. The van der Waals surface area contributed by atoms with Gasteiger partial charge in [0, 0.05) is 47.9 Å². The summed E-state index contributed by atoms with van der Waals surface area (Å²) in [4.78, 5) is 18.9. The van der Waals surface area contributed by atoms with Gasteiger partial charge in [-0.05, 0) is 38.1 Å². The Morgan fingerprint density at radius 3 is 2.42 bits per heavy atom. The highest BCUT2D eigenvalue weighted by molar-refractivity contribution is 14.0. The summed E-state index contributed by atoms with van der Waals surface area (Å²) in [6.45, 7) is 5.41. The summed E-state index contributed by atoms with van der Waals surface area (Å²) < 4.78 is 0. The minimum absolute atomic E-state index is 0. The van der Waals surface area contributed by atoms with Crippen LogP contribution < -0.4 is 16.0 Å². The highest BCUT2D eigenvalue weighted by Crippen LogP contribution is 2.16. The van der Waals surface area contributed by atoms with E-state index in [1.807, 2.05) is 29.5 Å². The van der Waals surface area contributed by atoms with Crippen LogP contribution in [0.15, 0.2) is 47.5 Å². The molecule has 2 aromatic rings. The molecule has 0 bridgehead atoms. The van der Waals surface area contributed by atoms with Gasteiger partial charge in [0.25, 0.3) is 5.91 Å². The summed E-state index contributed by atoms with van der Waals surface area (Å²) in [5.74, 6) is 0.682. The minimum Gasteiger partial charge on any atom is -0.355 e. The van der Waals surface area contributed by atoms with Crippen molar-refractivity contribution in [1.82, 2.24) is 16.0 Å². The van der Waals surface area contributed by atoms with E-state index in [9.17, 15) is 4.79 Å². The molecule has 0 radical (unpaired) electrons. The average molecular weight is 486 g/mol. The van der Waals surface area contributed by atoms with Crippen molar-refractivity contribution >= 4 is 47.2 Å². The van der Waals surface area contributed by atoms with Crippen LogP contribution in [0.2, 0.25) is 0 Å². The number of guanidine groups is 1. The predicted octanol–water partition coefficient (Wildman–Crippen LogP) is 3.20. The molecule has 2 rings (SSSR count). The lowest BCUT2D eigenvalue weighted by Crippen LogP contribution is -2.45. The van der Waals surface area contributed by atoms with Crippen LogP contribution in [0.4, 0.5) is 0 Å². The highest BCUT2D eigenvalue weighted by Gasteiger charge is 2.08. The van der Waals surface area contributed by atoms with Crippen LogP contribution in [0, 0.1) is 6.92 Å². The number of hydrogen-bond donors (Lipinski definition) is 3. The van der Waals surface area contributed by atoms with Crippen molar-refractivity contribution in [2.45, 2.75) is 26.3 Å². The molecule has 0 saturated heterocycles. The standard InChI is InChI=1S/C19H26N4OS.HI/c1-14(13-17-10-9-15(2)25-17)23-19(20-3)22-12-11-21-18(24)16-7-5-4-6-8-16;/h4-10,14H,11-13H2,1-3H3,(H,21,24)(H2,20,22,23);1H. The molecule has 0 fully saturated rings. The fraction of sp³-hybridized carbons (Fsp3) is 0.368. The van der Waals surface area contributed by atoms with Gasteiger partial charge >= 0.3 is 0 Å². The first-order valence-corrected chi connectivity index (χ1v) is 9.26. The maximum absolute atomic E-state index is 12.0. The molecule has 0 aliphatic heterocycles. The van der Waals surface area contributed by atoms with Crippen LogP contribution in [-0.2, 0) is 6.42 Å². The maximum atomic E-state index is 12.0. The maximum Gasteiger partial charge on any atom is 0.251 e. The van der Waals surface area contributed by atoms with Crippen LogP contribution in [0.25, 0.3) is 0 Å². The van der Waals surface area contributed by atoms with Crippen LogP contribution in [0.5, 0.6) is 0 Å². The van der Waals surface area contributed by atoms with E-state index in [2.05, 4.69) is 46.9 Å². The van der Waals surface area contributed by atoms with Crippen molar-refractivity contribution < 1.29 is 4.79 Å². The molecule has 1 atom stereocenters. The molecular weight excluding hydrogens is 459 g/mol. The third-order valence-electron chi connectivity index (χ3n) is 3.65. The summed E-state index contributed by atoms with van der Waals surface area (Å²) in [6.07, 6.45) is 0.962. The lowest BCUT2D eigenvalue weighted by Gasteiger charge is -2.17. The Labute approximate surface area is 176 Å². The molecule has 1 amide bonds. The van der Waals surface area contributed by atoms with Gasteiger partial charge < -0.3 is 16.0 Å². The Bertz CT molecular complexity index is 703. The lowest BCUT2D eigenvalue weighted by atomic mass is 10.2. The van der Waals surface area contributed by atoms with E-state index in [-0.39, 0.29) is 35.9 Å². The fourth-order valence-corrected chi connectivity index (χ4v) is 3.44. The number of hydrogen-bond acceptors (Lipinski definition) is 3. The summed E-state index contributed by atoms with van der Waals surface area (Å²) in [6, 6.07) is 13.8. The zero-order valence-corrected chi connectivity index (χ0v) is 18.6. The molecule has 142 valence electrons. The van der Waals surface area contributed by atoms with Gasteiger partial charge in [0.15, 0.2) is 5.96 Å². The van der Waals surface area contributed by atoms with E-state index >= 15 is 0 Å². The van der Waals surface area contributed by atoms with Gasteiger partial charge in [-0.2, -0.15) is 0 Å². The number of thiophene rings is 1. The smallest absolute Gasteiger partial charge is 0.251 e. The van der Waals surface area contributed by atoms with Gasteiger partial charge in [0.05, 0.1) is 0 Å². The molecule has 5 nitrogen and oxygen atoms in total. The van der Waals surface area contributed by atoms with Crippen molar-refractivity contribution in [3.05, 3.63) is 57.8 Å². The second-order valence-corrected chi connectivity index (χ2v) is 7.26. The topological polar surface area (TPSA) is 65.5 Å². The number of amides is 1. The van der Waals surface area contributed by atoms with E-state index in [1.54, 1.807) is 19.2 Å². The number of halogens is 1. The van der Waals surface area contributed by atoms with E-state index in [0.717, 1.165) is 12.4 Å². The van der Waals surface area contributed by atoms with Gasteiger partial charge in [-0.1, -0.05) is 18.2 Å². The second-order valence-electron chi connectivity index (χ2n) is 5.88. The minimum atomic E-state index is -0.0632. The van der Waals surface area contributed by atoms with Gasteiger partial charge in [-0.3, -0.25) is 9.79 Å². The molecular formula is C19H27IN4OS. The Balaban J connectivity index is 0.00000338. The van der Waals surface area contributed by atoms with Crippen molar-refractivity contribution in [1.29, 1.82) is 0 Å². The van der Waals surface area contributed by atoms with E-state index in [1.165, 1.54) is 9.75 Å². The van der Waals surface area contributed by atoms with Gasteiger partial charge in [0.2, 0.25) is 0 Å². The number of carbonyl (C=O) groups is 1. The van der Waals surface area contributed by atoms with Crippen molar-refractivity contribution in [3.63, 3.8) is 0 Å². The molecule has 1 unspecified atom stereocenters. The van der Waals surface area contributed by atoms with Crippen molar-refractivity contribution in [2.24, 2.45) is 4.99 Å². The number of rotatable bonds is 7. The highest BCUT2D eigenvalue weighted by atomic mass is 127. The SMILES string of the molecule is CN=C(NCCNC(=O)c1ccccc1)NC(C)Cc1ccc(C)s1.I. The Morgan fingerprint density at radius 2 is 1.81 bits per heavy atom. The third-order valence-corrected chi connectivity index (χ3v) is 4.67. The Morgan fingerprint density at radius 1 is 1.12 bits per heavy atom. The normalized spacial score (nSPS) is 12.0. The summed E-state index contributed by atoms with van der Waals surface area (Å²) in [5.41, 5.74) is 0.671. The molecule has 7 heteroatoms. The number of nitrogens with one attached hydrogen (secondary N) is 3. The Kier molecular flexibility index (Phi) is 10.3. The number of aliphatic imine (C=N–C) groups is 1. The number of benzene rings is 1. The van der Waals surface area contributed by atoms with Crippen LogP contribution in [0.1, 0.15) is 27.0 Å². The van der Waals surface area contributed by atoms with Crippen LogP contribution >= 0.6 is 35.3 Å². The number of nitrogens with zero attached hydrogens (tertiary/aromatic N) is 1. The van der Waals surface area contributed by atoms with Gasteiger partial charge in [-0.25, -0.2) is 0 Å². The third kappa shape index (κ3) is 7.74. The van der Waals surface area contributed by atoms with Gasteiger partial charge in [0.1, 0.15) is 0 Å². The molecule has 1 aromatic heterocycles. The van der Waals surface area contributed by atoms with E-state index in [0.29, 0.717) is 18.7 Å². The first-order chi connectivity index (χ1) is 12.1. The second kappa shape index (κ2) is 11.9. The number of carbonyl (C=O) groups excluding carboxylic acids is 1. The summed E-state index contributed by atoms with van der Waals surface area (Å²) in [7, 11) is 1.75. The predicted molar refractivity (Wildman–Crippen MR) is 121 cm³/mol. The summed E-state index contributed by atoms with van der Waals surface area (Å²) in [5, 5.41) is 9.49. The molecule has 1 aromatic carbocycles. The Hall–Kier alpha value is -1.61. The molecule has 3 N–H and O–H groups in total. The number of aryl methyl sites for hydroxylation is 1. The average Bonchev–Trinajstić information content (AvgIpc) is 3.02. The quantitative estimate of drug-likeness (QED) is 0.244. The van der Waals surface area contributed by atoms with E-state index < -0.39 is 0 Å². The molecule has 0 aliphatic rings. The zero-order chi connectivity index (χ0) is 18.1. The van der Waals surface area contributed by atoms with Crippen LogP contribution in [0.3, 0.4) is 0 Å². The molecule has 0 spiro atoms. The monoisotopic (exact) mass is 486 g/mol. The van der Waals surface area contributed by atoms with Crippen LogP contribution in [-0.4, -0.2) is 38.0 Å². The summed E-state index contributed by atoms with van der Waals surface area (Å²) >= 11 is 1.83. The van der Waals surface area contributed by atoms with Crippen molar-refractivity contribution in [3.8, 4) is 0 Å². The molecule has 0 aliphatic carbocycles. The molecule has 26 heavy (non-hydrogen) atoms. The van der Waals surface area contributed by atoms with E-state index in [4.69, 9.17) is 0 Å². The fourth-order valence-electron chi connectivity index (χ4n) is 2.42. The zero-order valence-electron chi connectivity index (χ0n) is 15.4.